The van der Waals surface area contributed by atoms with Gasteiger partial charge in [-0.05, 0) is 19.3 Å². The standard InChI is InChI=1S/C10H18O2/c1-5-6-12-10(11)7-9(4)8(2)3/h7-8H,5-6H2,1-4H3. The van der Waals surface area contributed by atoms with E-state index in [1.807, 2.05) is 13.8 Å². The third-order valence-corrected chi connectivity index (χ3v) is 1.70. The monoisotopic (exact) mass is 170 g/mol. The van der Waals surface area contributed by atoms with E-state index in [1.54, 1.807) is 6.08 Å². The molecule has 0 N–H and O–H groups in total. The lowest BCUT2D eigenvalue weighted by Gasteiger charge is -2.04. The van der Waals surface area contributed by atoms with Crippen molar-refractivity contribution in [2.24, 2.45) is 5.92 Å². The largest absolute Gasteiger partial charge is 0.463 e. The minimum atomic E-state index is -0.219. The molecule has 0 radical (unpaired) electrons. The molecule has 0 bridgehead atoms. The van der Waals surface area contributed by atoms with Gasteiger partial charge in [-0.1, -0.05) is 26.3 Å². The Bertz CT molecular complexity index is 169. The molecule has 0 unspecified atom stereocenters. The minimum absolute atomic E-state index is 0.219. The molecule has 0 saturated heterocycles. The Kier molecular flexibility index (Phi) is 5.43. The van der Waals surface area contributed by atoms with E-state index in [1.165, 1.54) is 0 Å². The van der Waals surface area contributed by atoms with Gasteiger partial charge in [0.05, 0.1) is 6.61 Å². The first-order valence-corrected chi connectivity index (χ1v) is 4.42. The van der Waals surface area contributed by atoms with Crippen LogP contribution < -0.4 is 0 Å². The predicted molar refractivity (Wildman–Crippen MR) is 49.8 cm³/mol. The maximum atomic E-state index is 11.0. The summed E-state index contributed by atoms with van der Waals surface area (Å²) in [5.41, 5.74) is 1.07. The minimum Gasteiger partial charge on any atom is -0.463 e. The Morgan fingerprint density at radius 3 is 2.50 bits per heavy atom. The molecular formula is C10H18O2. The normalized spacial score (nSPS) is 11.9. The van der Waals surface area contributed by atoms with Crippen LogP contribution in [0.5, 0.6) is 0 Å². The number of hydrogen-bond acceptors (Lipinski definition) is 2. The summed E-state index contributed by atoms with van der Waals surface area (Å²) in [5, 5.41) is 0. The van der Waals surface area contributed by atoms with Crippen LogP contribution in [0.3, 0.4) is 0 Å². The molecule has 0 aromatic carbocycles. The molecule has 0 aliphatic rings. The van der Waals surface area contributed by atoms with E-state index >= 15 is 0 Å². The van der Waals surface area contributed by atoms with Gasteiger partial charge in [-0.25, -0.2) is 4.79 Å². The molecule has 0 heterocycles. The Labute approximate surface area is 74.6 Å². The van der Waals surface area contributed by atoms with Gasteiger partial charge in [-0.15, -0.1) is 0 Å². The van der Waals surface area contributed by atoms with Crippen LogP contribution >= 0.6 is 0 Å². The third-order valence-electron chi connectivity index (χ3n) is 1.70. The summed E-state index contributed by atoms with van der Waals surface area (Å²) in [6.07, 6.45) is 2.45. The van der Waals surface area contributed by atoms with Crippen LogP contribution in [0.1, 0.15) is 34.1 Å². The second-order valence-corrected chi connectivity index (χ2v) is 3.21. The van der Waals surface area contributed by atoms with Gasteiger partial charge in [0.1, 0.15) is 0 Å². The second-order valence-electron chi connectivity index (χ2n) is 3.21. The summed E-state index contributed by atoms with van der Waals surface area (Å²) in [5.74, 6) is 0.197. The zero-order valence-electron chi connectivity index (χ0n) is 8.39. The van der Waals surface area contributed by atoms with E-state index < -0.39 is 0 Å². The van der Waals surface area contributed by atoms with E-state index in [2.05, 4.69) is 13.8 Å². The summed E-state index contributed by atoms with van der Waals surface area (Å²) < 4.78 is 4.90. The maximum Gasteiger partial charge on any atom is 0.330 e. The molecule has 0 saturated carbocycles. The number of ether oxygens (including phenoxy) is 1. The first-order chi connectivity index (χ1) is 5.57. The van der Waals surface area contributed by atoms with Crippen molar-refractivity contribution < 1.29 is 9.53 Å². The summed E-state index contributed by atoms with van der Waals surface area (Å²) >= 11 is 0. The van der Waals surface area contributed by atoms with Crippen molar-refractivity contribution in [2.45, 2.75) is 34.1 Å². The molecular weight excluding hydrogens is 152 g/mol. The first kappa shape index (κ1) is 11.2. The number of rotatable bonds is 4. The number of carbonyl (C=O) groups excluding carboxylic acids is 1. The van der Waals surface area contributed by atoms with Crippen molar-refractivity contribution in [3.8, 4) is 0 Å². The molecule has 12 heavy (non-hydrogen) atoms. The Hall–Kier alpha value is -0.790. The highest BCUT2D eigenvalue weighted by atomic mass is 16.5. The number of carbonyl (C=O) groups is 1. The molecule has 0 rings (SSSR count). The summed E-state index contributed by atoms with van der Waals surface area (Å²) in [7, 11) is 0. The van der Waals surface area contributed by atoms with Crippen molar-refractivity contribution >= 4 is 5.97 Å². The third kappa shape index (κ3) is 4.94. The van der Waals surface area contributed by atoms with Gasteiger partial charge in [0.15, 0.2) is 0 Å². The molecule has 0 aliphatic heterocycles. The van der Waals surface area contributed by atoms with Crippen molar-refractivity contribution in [2.75, 3.05) is 6.61 Å². The first-order valence-electron chi connectivity index (χ1n) is 4.42. The zero-order chi connectivity index (χ0) is 9.56. The molecule has 2 heteroatoms. The Morgan fingerprint density at radius 2 is 2.08 bits per heavy atom. The van der Waals surface area contributed by atoms with Crippen LogP contribution in [-0.2, 0) is 9.53 Å². The molecule has 0 fully saturated rings. The van der Waals surface area contributed by atoms with Gasteiger partial charge in [0.25, 0.3) is 0 Å². The summed E-state index contributed by atoms with van der Waals surface area (Å²) in [4.78, 5) is 11.0. The van der Waals surface area contributed by atoms with Crippen LogP contribution in [0.25, 0.3) is 0 Å². The smallest absolute Gasteiger partial charge is 0.330 e. The van der Waals surface area contributed by atoms with Crippen molar-refractivity contribution in [1.29, 1.82) is 0 Å². The number of esters is 1. The highest BCUT2D eigenvalue weighted by molar-refractivity contribution is 5.82. The lowest BCUT2D eigenvalue weighted by molar-refractivity contribution is -0.137. The number of allylic oxidation sites excluding steroid dienone is 1. The van der Waals surface area contributed by atoms with Crippen molar-refractivity contribution in [3.05, 3.63) is 11.6 Å². The quantitative estimate of drug-likeness (QED) is 0.478. The fourth-order valence-corrected chi connectivity index (χ4v) is 0.597. The molecule has 0 atom stereocenters. The van der Waals surface area contributed by atoms with Crippen LogP contribution in [0.4, 0.5) is 0 Å². The Morgan fingerprint density at radius 1 is 1.50 bits per heavy atom. The molecule has 0 aliphatic carbocycles. The van der Waals surface area contributed by atoms with Crippen LogP contribution in [0.15, 0.2) is 11.6 Å². The summed E-state index contributed by atoms with van der Waals surface area (Å²) in [6, 6.07) is 0. The van der Waals surface area contributed by atoms with Gasteiger partial charge in [-0.3, -0.25) is 0 Å². The van der Waals surface area contributed by atoms with E-state index in [-0.39, 0.29) is 5.97 Å². The van der Waals surface area contributed by atoms with Gasteiger partial charge >= 0.3 is 5.97 Å². The number of hydrogen-bond donors (Lipinski definition) is 0. The van der Waals surface area contributed by atoms with Crippen molar-refractivity contribution in [3.63, 3.8) is 0 Å². The van der Waals surface area contributed by atoms with Crippen LogP contribution in [-0.4, -0.2) is 12.6 Å². The Balaban J connectivity index is 3.88. The average Bonchev–Trinajstić information content (AvgIpc) is 2.00. The maximum absolute atomic E-state index is 11.0. The SMILES string of the molecule is CCCOC(=O)C=C(C)C(C)C. The summed E-state index contributed by atoms with van der Waals surface area (Å²) in [6.45, 7) is 8.54. The van der Waals surface area contributed by atoms with Gasteiger partial charge in [-0.2, -0.15) is 0 Å². The second kappa shape index (κ2) is 5.81. The molecule has 70 valence electrons. The fraction of sp³-hybridized carbons (Fsp3) is 0.700. The molecule has 0 amide bonds. The topological polar surface area (TPSA) is 26.3 Å². The van der Waals surface area contributed by atoms with Crippen LogP contribution in [0.2, 0.25) is 0 Å². The van der Waals surface area contributed by atoms with E-state index in [9.17, 15) is 4.79 Å². The van der Waals surface area contributed by atoms with Gasteiger partial charge in [0, 0.05) is 6.08 Å². The lowest BCUT2D eigenvalue weighted by atomic mass is 10.1. The average molecular weight is 170 g/mol. The molecule has 0 spiro atoms. The highest BCUT2D eigenvalue weighted by Gasteiger charge is 2.01. The molecule has 0 aromatic rings. The molecule has 0 aromatic heterocycles. The van der Waals surface area contributed by atoms with Crippen LogP contribution in [0, 0.1) is 5.92 Å². The molecule has 2 nitrogen and oxygen atoms in total. The zero-order valence-corrected chi connectivity index (χ0v) is 8.39. The predicted octanol–water partition coefficient (Wildman–Crippen LogP) is 2.54. The van der Waals surface area contributed by atoms with Crippen molar-refractivity contribution in [1.82, 2.24) is 0 Å². The van der Waals surface area contributed by atoms with E-state index in [0.29, 0.717) is 12.5 Å². The van der Waals surface area contributed by atoms with Gasteiger partial charge in [0.2, 0.25) is 0 Å². The van der Waals surface area contributed by atoms with Gasteiger partial charge < -0.3 is 4.74 Å². The fourth-order valence-electron chi connectivity index (χ4n) is 0.597. The van der Waals surface area contributed by atoms with E-state index in [0.717, 1.165) is 12.0 Å². The van der Waals surface area contributed by atoms with E-state index in [4.69, 9.17) is 4.74 Å². The lowest BCUT2D eigenvalue weighted by Crippen LogP contribution is -2.03. The highest BCUT2D eigenvalue weighted by Crippen LogP contribution is 2.07.